The highest BCUT2D eigenvalue weighted by molar-refractivity contribution is 7.71. The van der Waals surface area contributed by atoms with Gasteiger partial charge in [-0.1, -0.05) is 30.4 Å². The molecule has 4 nitrogen and oxygen atoms in total. The number of amides is 1. The van der Waals surface area contributed by atoms with Crippen molar-refractivity contribution in [2.75, 3.05) is 11.9 Å². The highest BCUT2D eigenvalue weighted by Gasteiger charge is 2.07. The second-order valence-electron chi connectivity index (χ2n) is 4.50. The topological polar surface area (TPSA) is 54.1 Å². The summed E-state index contributed by atoms with van der Waals surface area (Å²) in [6.45, 7) is 3.89. The van der Waals surface area contributed by atoms with Crippen LogP contribution in [0.15, 0.2) is 36.5 Å². The van der Waals surface area contributed by atoms with E-state index >= 15 is 0 Å². The normalized spacial score (nSPS) is 10.1. The third-order valence-corrected chi connectivity index (χ3v) is 3.08. The van der Waals surface area contributed by atoms with Crippen LogP contribution in [0.1, 0.15) is 11.1 Å². The van der Waals surface area contributed by atoms with Crippen LogP contribution in [0, 0.1) is 18.5 Å². The third-order valence-electron chi connectivity index (χ3n) is 2.82. The lowest BCUT2D eigenvalue weighted by Gasteiger charge is -2.11. The monoisotopic (exact) mass is 288 g/mol. The maximum absolute atomic E-state index is 11.8. The minimum absolute atomic E-state index is 0.0265. The number of ether oxygens (including phenoxy) is 1. The van der Waals surface area contributed by atoms with Crippen molar-refractivity contribution in [3.63, 3.8) is 0 Å². The van der Waals surface area contributed by atoms with Crippen LogP contribution in [-0.4, -0.2) is 17.5 Å². The first-order valence-electron chi connectivity index (χ1n) is 6.24. The Morgan fingerprint density at radius 1 is 1.25 bits per heavy atom. The number of pyridine rings is 1. The Morgan fingerprint density at radius 2 is 1.95 bits per heavy atom. The Hall–Kier alpha value is -2.14. The molecule has 0 bridgehead atoms. The molecule has 0 radical (unpaired) electrons. The van der Waals surface area contributed by atoms with Crippen molar-refractivity contribution in [3.8, 4) is 5.75 Å². The van der Waals surface area contributed by atoms with E-state index in [0.717, 1.165) is 16.9 Å². The third kappa shape index (κ3) is 3.68. The molecule has 1 aromatic carbocycles. The Balaban J connectivity index is 1.95. The second-order valence-corrected chi connectivity index (χ2v) is 4.94. The van der Waals surface area contributed by atoms with Crippen molar-refractivity contribution in [1.82, 2.24) is 4.98 Å². The minimum atomic E-state index is -0.210. The fourth-order valence-electron chi connectivity index (χ4n) is 1.85. The summed E-state index contributed by atoms with van der Waals surface area (Å²) >= 11 is 4.94. The molecule has 1 aromatic heterocycles. The number of para-hydroxylation sites is 1. The first-order chi connectivity index (χ1) is 9.56. The lowest BCUT2D eigenvalue weighted by Crippen LogP contribution is -2.20. The predicted octanol–water partition coefficient (Wildman–Crippen LogP) is 3.38. The molecule has 0 saturated heterocycles. The number of H-pyrrole nitrogens is 1. The van der Waals surface area contributed by atoms with Gasteiger partial charge >= 0.3 is 0 Å². The smallest absolute Gasteiger partial charge is 0.262 e. The van der Waals surface area contributed by atoms with Crippen molar-refractivity contribution in [2.45, 2.75) is 13.8 Å². The fourth-order valence-corrected chi connectivity index (χ4v) is 1.98. The maximum atomic E-state index is 11.8. The number of carbonyl (C=O) groups excluding carboxylic acids is 1. The summed E-state index contributed by atoms with van der Waals surface area (Å²) in [5, 5.41) is 2.74. The van der Waals surface area contributed by atoms with E-state index in [1.54, 1.807) is 18.3 Å². The summed E-state index contributed by atoms with van der Waals surface area (Å²) in [7, 11) is 0. The van der Waals surface area contributed by atoms with Crippen molar-refractivity contribution >= 4 is 23.8 Å². The molecule has 5 heteroatoms. The van der Waals surface area contributed by atoms with Crippen molar-refractivity contribution in [3.05, 3.63) is 52.3 Å². The molecular formula is C15H16N2O2S. The number of rotatable bonds is 4. The largest absolute Gasteiger partial charge is 0.483 e. The van der Waals surface area contributed by atoms with Gasteiger partial charge < -0.3 is 15.0 Å². The summed E-state index contributed by atoms with van der Waals surface area (Å²) < 4.78 is 6.20. The summed E-state index contributed by atoms with van der Waals surface area (Å²) in [6, 6.07) is 9.34. The van der Waals surface area contributed by atoms with Gasteiger partial charge in [0.1, 0.15) is 10.4 Å². The van der Waals surface area contributed by atoms with Crippen molar-refractivity contribution in [2.24, 2.45) is 0 Å². The minimum Gasteiger partial charge on any atom is -0.483 e. The zero-order valence-electron chi connectivity index (χ0n) is 11.4. The van der Waals surface area contributed by atoms with E-state index in [1.807, 2.05) is 32.0 Å². The Kier molecular flexibility index (Phi) is 4.53. The zero-order chi connectivity index (χ0) is 14.5. The van der Waals surface area contributed by atoms with Gasteiger partial charge in [0.25, 0.3) is 5.91 Å². The van der Waals surface area contributed by atoms with Crippen LogP contribution in [0.4, 0.5) is 5.69 Å². The van der Waals surface area contributed by atoms with E-state index in [0.29, 0.717) is 10.3 Å². The molecule has 0 aliphatic rings. The van der Waals surface area contributed by atoms with Crippen LogP contribution < -0.4 is 10.1 Å². The van der Waals surface area contributed by atoms with Gasteiger partial charge in [0.2, 0.25) is 0 Å². The molecule has 20 heavy (non-hydrogen) atoms. The van der Waals surface area contributed by atoms with E-state index in [4.69, 9.17) is 17.0 Å². The summed E-state index contributed by atoms with van der Waals surface area (Å²) in [5.74, 6) is 0.549. The first kappa shape index (κ1) is 14.3. The molecule has 0 fully saturated rings. The molecule has 0 aliphatic carbocycles. The molecule has 1 heterocycles. The van der Waals surface area contributed by atoms with E-state index in [1.165, 1.54) is 0 Å². The summed E-state index contributed by atoms with van der Waals surface area (Å²) in [6.07, 6.45) is 1.65. The molecule has 0 unspecified atom stereocenters. The Morgan fingerprint density at radius 3 is 2.55 bits per heavy atom. The number of hydrogen-bond donors (Lipinski definition) is 2. The van der Waals surface area contributed by atoms with Crippen LogP contribution in [0.25, 0.3) is 0 Å². The van der Waals surface area contributed by atoms with Gasteiger partial charge in [-0.25, -0.2) is 0 Å². The van der Waals surface area contributed by atoms with E-state index < -0.39 is 0 Å². The first-order valence-corrected chi connectivity index (χ1v) is 6.64. The predicted molar refractivity (Wildman–Crippen MR) is 81.7 cm³/mol. The number of carbonyl (C=O) groups is 1. The standard InChI is InChI=1S/C15H16N2O2S/c1-10-4-3-5-11(2)15(10)19-9-13(18)17-12-6-7-14(20)16-8-12/h3-8H,9H2,1-2H3,(H,16,20)(H,17,18). The molecule has 0 atom stereocenters. The zero-order valence-corrected chi connectivity index (χ0v) is 12.2. The SMILES string of the molecule is Cc1cccc(C)c1OCC(=O)Nc1ccc(=S)[nH]c1. The molecule has 2 rings (SSSR count). The van der Waals surface area contributed by atoms with Crippen molar-refractivity contribution < 1.29 is 9.53 Å². The quantitative estimate of drug-likeness (QED) is 0.848. The summed E-state index contributed by atoms with van der Waals surface area (Å²) in [4.78, 5) is 14.7. The molecule has 2 N–H and O–H groups in total. The number of hydrogen-bond acceptors (Lipinski definition) is 3. The van der Waals surface area contributed by atoms with Gasteiger partial charge in [0.05, 0.1) is 5.69 Å². The Bertz CT molecular complexity index is 639. The van der Waals surface area contributed by atoms with Crippen LogP contribution >= 0.6 is 12.2 Å². The number of aryl methyl sites for hydroxylation is 2. The summed E-state index contributed by atoms with van der Waals surface area (Å²) in [5.41, 5.74) is 2.69. The van der Waals surface area contributed by atoms with Crippen molar-refractivity contribution in [1.29, 1.82) is 0 Å². The maximum Gasteiger partial charge on any atom is 0.262 e. The van der Waals surface area contributed by atoms with Crippen LogP contribution in [0.2, 0.25) is 0 Å². The van der Waals surface area contributed by atoms with E-state index in [9.17, 15) is 4.79 Å². The second kappa shape index (κ2) is 6.34. The Labute approximate surface area is 122 Å². The highest BCUT2D eigenvalue weighted by atomic mass is 32.1. The number of benzene rings is 1. The van der Waals surface area contributed by atoms with Gasteiger partial charge in [0, 0.05) is 6.20 Å². The lowest BCUT2D eigenvalue weighted by molar-refractivity contribution is -0.118. The molecule has 0 saturated carbocycles. The fraction of sp³-hybridized carbons (Fsp3) is 0.200. The van der Waals surface area contributed by atoms with Gasteiger partial charge in [-0.15, -0.1) is 0 Å². The van der Waals surface area contributed by atoms with E-state index in [2.05, 4.69) is 10.3 Å². The number of aromatic nitrogens is 1. The number of anilines is 1. The number of aromatic amines is 1. The van der Waals surface area contributed by atoms with Crippen LogP contribution in [0.5, 0.6) is 5.75 Å². The van der Waals surface area contributed by atoms with Gasteiger partial charge in [0.15, 0.2) is 6.61 Å². The van der Waals surface area contributed by atoms with Crippen LogP contribution in [0.3, 0.4) is 0 Å². The van der Waals surface area contributed by atoms with Gasteiger partial charge in [-0.2, -0.15) is 0 Å². The molecule has 1 amide bonds. The van der Waals surface area contributed by atoms with Gasteiger partial charge in [-0.3, -0.25) is 4.79 Å². The molecule has 2 aromatic rings. The average Bonchev–Trinajstić information content (AvgIpc) is 2.41. The number of nitrogens with one attached hydrogen (secondary N) is 2. The molecular weight excluding hydrogens is 272 g/mol. The highest BCUT2D eigenvalue weighted by Crippen LogP contribution is 2.22. The van der Waals surface area contributed by atoms with Crippen LogP contribution in [-0.2, 0) is 4.79 Å². The van der Waals surface area contributed by atoms with E-state index in [-0.39, 0.29) is 12.5 Å². The lowest BCUT2D eigenvalue weighted by atomic mass is 10.1. The molecule has 104 valence electrons. The molecule has 0 aliphatic heterocycles. The molecule has 0 spiro atoms. The average molecular weight is 288 g/mol. The van der Waals surface area contributed by atoms with Gasteiger partial charge in [-0.05, 0) is 37.1 Å².